The maximum Gasteiger partial charge on any atom is 0.159 e. The van der Waals surface area contributed by atoms with E-state index in [0.29, 0.717) is 0 Å². The number of fused-ring (bicyclic) bond motifs is 3. The van der Waals surface area contributed by atoms with Gasteiger partial charge in [-0.05, 0) is 58.7 Å². The van der Waals surface area contributed by atoms with Gasteiger partial charge in [-0.3, -0.25) is 0 Å². The van der Waals surface area contributed by atoms with E-state index in [-0.39, 0.29) is 0 Å². The van der Waals surface area contributed by atoms with Gasteiger partial charge in [-0.1, -0.05) is 115 Å². The van der Waals surface area contributed by atoms with E-state index in [1.165, 1.54) is 11.1 Å². The third-order valence-electron chi connectivity index (χ3n) is 7.23. The smallest absolute Gasteiger partial charge is 0.159 e. The minimum atomic E-state index is 0.763. The minimum Gasteiger partial charge on any atom is -0.454 e. The van der Waals surface area contributed by atoms with Crippen molar-refractivity contribution in [2.75, 3.05) is 4.90 Å². The number of nitrogens with zero attached hydrogens (tertiary/aromatic N) is 1. The summed E-state index contributed by atoms with van der Waals surface area (Å²) in [5.41, 5.74) is 10.3. The van der Waals surface area contributed by atoms with Crippen LogP contribution in [0.5, 0.6) is 0 Å². The van der Waals surface area contributed by atoms with Gasteiger partial charge in [0.1, 0.15) is 13.4 Å². The summed E-state index contributed by atoms with van der Waals surface area (Å²) in [7, 11) is 5.90. The van der Waals surface area contributed by atoms with Crippen LogP contribution in [0.4, 0.5) is 17.1 Å². The van der Waals surface area contributed by atoms with Crippen LogP contribution in [0.1, 0.15) is 0 Å². The van der Waals surface area contributed by atoms with Gasteiger partial charge < -0.3 is 9.32 Å². The van der Waals surface area contributed by atoms with E-state index in [2.05, 4.69) is 120 Å². The highest BCUT2D eigenvalue weighted by molar-refractivity contribution is 6.32. The molecular weight excluding hydrogens is 473 g/mol. The van der Waals surface area contributed by atoms with Crippen LogP contribution in [0.2, 0.25) is 0 Å². The molecule has 0 unspecified atom stereocenters. The Morgan fingerprint density at radius 1 is 0.436 bits per heavy atom. The monoisotopic (exact) mass is 497 g/mol. The summed E-state index contributed by atoms with van der Waals surface area (Å²) in [5.74, 6) is 0. The number of hydrogen-bond acceptors (Lipinski definition) is 2. The first-order valence-corrected chi connectivity index (χ1v) is 13.1. The predicted molar refractivity (Wildman–Crippen MR) is 165 cm³/mol. The molecule has 0 spiro atoms. The van der Waals surface area contributed by atoms with E-state index in [9.17, 15) is 0 Å². The SMILES string of the molecule is [B]c1ccc(-c2ccc(N(c3ccc(-c4ccccc4)cc3)c3cccc4c3oc3ccccc34)cc2)cc1. The fraction of sp³-hybridized carbons (Fsp3) is 0. The van der Waals surface area contributed by atoms with E-state index >= 15 is 0 Å². The quantitative estimate of drug-likeness (QED) is 0.221. The summed E-state index contributed by atoms with van der Waals surface area (Å²) in [4.78, 5) is 2.27. The third-order valence-corrected chi connectivity index (χ3v) is 7.23. The lowest BCUT2D eigenvalue weighted by Crippen LogP contribution is -2.10. The summed E-state index contributed by atoms with van der Waals surface area (Å²) in [6.07, 6.45) is 0. The fourth-order valence-corrected chi connectivity index (χ4v) is 5.25. The Bertz CT molecular complexity index is 1890. The van der Waals surface area contributed by atoms with Crippen molar-refractivity contribution in [1.29, 1.82) is 0 Å². The molecule has 2 radical (unpaired) electrons. The molecular formula is C36H24BNO. The number of hydrogen-bond donors (Lipinski definition) is 0. The molecule has 0 aliphatic rings. The first kappa shape index (κ1) is 23.1. The molecule has 0 aliphatic heterocycles. The van der Waals surface area contributed by atoms with Crippen LogP contribution >= 0.6 is 0 Å². The summed E-state index contributed by atoms with van der Waals surface area (Å²) < 4.78 is 6.45. The van der Waals surface area contributed by atoms with Gasteiger partial charge >= 0.3 is 0 Å². The van der Waals surface area contributed by atoms with E-state index in [1.807, 2.05) is 30.3 Å². The molecule has 0 saturated carbocycles. The number of furan rings is 1. The lowest BCUT2D eigenvalue weighted by molar-refractivity contribution is 0.669. The summed E-state index contributed by atoms with van der Waals surface area (Å²) in [6, 6.07) is 50.4. The average Bonchev–Trinajstić information content (AvgIpc) is 3.39. The number of para-hydroxylation sites is 2. The van der Waals surface area contributed by atoms with E-state index in [0.717, 1.165) is 55.6 Å². The predicted octanol–water partition coefficient (Wildman–Crippen LogP) is 9.18. The van der Waals surface area contributed by atoms with Crippen LogP contribution in [0, 0.1) is 0 Å². The van der Waals surface area contributed by atoms with Crippen molar-refractivity contribution in [3.05, 3.63) is 146 Å². The Hall–Kier alpha value is -5.02. The van der Waals surface area contributed by atoms with Crippen molar-refractivity contribution >= 4 is 52.3 Å². The molecule has 0 aliphatic carbocycles. The number of anilines is 3. The normalized spacial score (nSPS) is 11.2. The molecule has 1 heterocycles. The second-order valence-electron chi connectivity index (χ2n) is 9.67. The molecule has 3 heteroatoms. The van der Waals surface area contributed by atoms with Crippen LogP contribution in [0.25, 0.3) is 44.2 Å². The van der Waals surface area contributed by atoms with Gasteiger partial charge in [-0.15, -0.1) is 0 Å². The van der Waals surface area contributed by atoms with Gasteiger partial charge in [-0.25, -0.2) is 0 Å². The summed E-state index contributed by atoms with van der Waals surface area (Å²) in [5, 5.41) is 2.22. The lowest BCUT2D eigenvalue weighted by Gasteiger charge is -2.26. The van der Waals surface area contributed by atoms with Gasteiger partial charge in [0.05, 0.1) is 5.69 Å². The standard InChI is InChI=1S/C36H24BNO/c37-29-19-13-26(14-20-29)28-17-23-31(24-18-28)38(30-21-15-27(16-22-30)25-7-2-1-3-8-25)34-11-6-10-33-32-9-4-5-12-35(32)39-36(33)34/h1-24H. The Balaban J connectivity index is 1.37. The second-order valence-corrected chi connectivity index (χ2v) is 9.67. The van der Waals surface area contributed by atoms with Crippen molar-refractivity contribution in [3.8, 4) is 22.3 Å². The van der Waals surface area contributed by atoms with Crippen molar-refractivity contribution in [2.24, 2.45) is 0 Å². The molecule has 0 saturated heterocycles. The van der Waals surface area contributed by atoms with Crippen molar-refractivity contribution in [1.82, 2.24) is 0 Å². The molecule has 0 amide bonds. The summed E-state index contributed by atoms with van der Waals surface area (Å²) in [6.45, 7) is 0. The van der Waals surface area contributed by atoms with Crippen molar-refractivity contribution < 1.29 is 4.42 Å². The molecule has 7 rings (SSSR count). The van der Waals surface area contributed by atoms with Crippen LogP contribution < -0.4 is 10.4 Å². The molecule has 1 aromatic heterocycles. The highest BCUT2D eigenvalue weighted by Gasteiger charge is 2.19. The van der Waals surface area contributed by atoms with E-state index < -0.39 is 0 Å². The lowest BCUT2D eigenvalue weighted by atomic mass is 9.93. The Morgan fingerprint density at radius 3 is 1.59 bits per heavy atom. The first-order chi connectivity index (χ1) is 19.2. The largest absolute Gasteiger partial charge is 0.454 e. The van der Waals surface area contributed by atoms with Crippen LogP contribution in [0.15, 0.2) is 150 Å². The Morgan fingerprint density at radius 2 is 0.949 bits per heavy atom. The molecule has 2 nitrogen and oxygen atoms in total. The van der Waals surface area contributed by atoms with Crippen LogP contribution in [-0.4, -0.2) is 7.85 Å². The van der Waals surface area contributed by atoms with Gasteiger partial charge in [0.15, 0.2) is 5.58 Å². The third kappa shape index (κ3) is 4.28. The van der Waals surface area contributed by atoms with E-state index in [4.69, 9.17) is 12.3 Å². The maximum absolute atomic E-state index is 6.45. The second kappa shape index (κ2) is 9.70. The van der Waals surface area contributed by atoms with Gasteiger partial charge in [0.2, 0.25) is 0 Å². The highest BCUT2D eigenvalue weighted by atomic mass is 16.3. The molecule has 6 aromatic carbocycles. The number of rotatable bonds is 5. The molecule has 7 aromatic rings. The maximum atomic E-state index is 6.45. The van der Waals surface area contributed by atoms with Gasteiger partial charge in [0, 0.05) is 22.1 Å². The van der Waals surface area contributed by atoms with Crippen LogP contribution in [-0.2, 0) is 0 Å². The topological polar surface area (TPSA) is 16.4 Å². The molecule has 0 N–H and O–H groups in total. The first-order valence-electron chi connectivity index (χ1n) is 13.1. The Labute approximate surface area is 229 Å². The summed E-state index contributed by atoms with van der Waals surface area (Å²) >= 11 is 0. The number of benzene rings is 6. The molecule has 182 valence electrons. The highest BCUT2D eigenvalue weighted by Crippen LogP contribution is 2.42. The van der Waals surface area contributed by atoms with Crippen molar-refractivity contribution in [3.63, 3.8) is 0 Å². The minimum absolute atomic E-state index is 0.763. The molecule has 0 fully saturated rings. The zero-order valence-electron chi connectivity index (χ0n) is 21.3. The Kier molecular flexibility index (Phi) is 5.75. The van der Waals surface area contributed by atoms with Gasteiger partial charge in [0.25, 0.3) is 0 Å². The molecule has 0 atom stereocenters. The zero-order valence-corrected chi connectivity index (χ0v) is 21.3. The molecule has 0 bridgehead atoms. The fourth-order valence-electron chi connectivity index (χ4n) is 5.25. The average molecular weight is 497 g/mol. The van der Waals surface area contributed by atoms with E-state index in [1.54, 1.807) is 0 Å². The zero-order chi connectivity index (χ0) is 26.2. The van der Waals surface area contributed by atoms with Crippen molar-refractivity contribution in [2.45, 2.75) is 0 Å². The van der Waals surface area contributed by atoms with Gasteiger partial charge in [-0.2, -0.15) is 0 Å². The van der Waals surface area contributed by atoms with Crippen LogP contribution in [0.3, 0.4) is 0 Å². The molecule has 39 heavy (non-hydrogen) atoms.